The second-order valence-corrected chi connectivity index (χ2v) is 10.3. The van der Waals surface area contributed by atoms with Gasteiger partial charge in [0.15, 0.2) is 0 Å². The van der Waals surface area contributed by atoms with Crippen LogP contribution in [0.3, 0.4) is 0 Å². The van der Waals surface area contributed by atoms with E-state index in [1.54, 1.807) is 43.3 Å². The molecule has 2 N–H and O–H groups in total. The molecule has 216 valence electrons. The van der Waals surface area contributed by atoms with Gasteiger partial charge in [-0.2, -0.15) is 0 Å². The highest BCUT2D eigenvalue weighted by atomic mass is 19.1. The summed E-state index contributed by atoms with van der Waals surface area (Å²) in [5.74, 6) is -1.06. The Morgan fingerprint density at radius 3 is 2.52 bits per heavy atom. The zero-order valence-corrected chi connectivity index (χ0v) is 23.6. The molecule has 4 heterocycles. The lowest BCUT2D eigenvalue weighted by molar-refractivity contribution is 0.0525. The van der Waals surface area contributed by atoms with E-state index in [9.17, 15) is 18.8 Å². The molecule has 1 unspecified atom stereocenters. The van der Waals surface area contributed by atoms with E-state index < -0.39 is 11.9 Å². The van der Waals surface area contributed by atoms with Gasteiger partial charge in [-0.1, -0.05) is 32.0 Å². The van der Waals surface area contributed by atoms with Crippen molar-refractivity contribution in [2.45, 2.75) is 46.2 Å². The number of esters is 1. The minimum atomic E-state index is -0.613. The summed E-state index contributed by atoms with van der Waals surface area (Å²) >= 11 is 0. The topological polar surface area (TPSA) is 123 Å². The number of nitrogens with one attached hydrogen (secondary N) is 2. The van der Waals surface area contributed by atoms with Crippen LogP contribution in [0.2, 0.25) is 0 Å². The lowest BCUT2D eigenvalue weighted by Gasteiger charge is -2.19. The van der Waals surface area contributed by atoms with E-state index in [4.69, 9.17) is 14.1 Å². The molecule has 4 aromatic rings. The van der Waals surface area contributed by atoms with Gasteiger partial charge in [0.1, 0.15) is 17.3 Å². The van der Waals surface area contributed by atoms with Gasteiger partial charge in [-0.25, -0.2) is 9.18 Å². The summed E-state index contributed by atoms with van der Waals surface area (Å²) in [5.41, 5.74) is 3.35. The Kier molecular flexibility index (Phi) is 8.42. The van der Waals surface area contributed by atoms with E-state index in [1.165, 1.54) is 24.6 Å². The van der Waals surface area contributed by atoms with Gasteiger partial charge >= 0.3 is 5.97 Å². The molecule has 3 aromatic heterocycles. The average Bonchev–Trinajstić information content (AvgIpc) is 3.63. The Labute approximate surface area is 242 Å². The molecule has 1 aliphatic heterocycles. The summed E-state index contributed by atoms with van der Waals surface area (Å²) in [4.78, 5) is 48.8. The molecule has 9 nitrogen and oxygen atoms in total. The maximum absolute atomic E-state index is 13.5. The normalized spacial score (nSPS) is 14.0. The average molecular weight is 571 g/mol. The lowest BCUT2D eigenvalue weighted by Crippen LogP contribution is -2.23. The highest BCUT2D eigenvalue weighted by Crippen LogP contribution is 2.39. The van der Waals surface area contributed by atoms with Crippen molar-refractivity contribution in [1.82, 2.24) is 20.6 Å². The maximum atomic E-state index is 13.5. The zero-order valence-electron chi connectivity index (χ0n) is 23.6. The fraction of sp³-hybridized carbons (Fsp3) is 0.281. The number of amides is 2. The van der Waals surface area contributed by atoms with Crippen molar-refractivity contribution in [2.75, 3.05) is 6.61 Å². The number of fused-ring (bicyclic) bond motifs is 1. The molecule has 10 heteroatoms. The molecule has 1 aliphatic rings. The second kappa shape index (κ2) is 12.3. The number of halogens is 1. The summed E-state index contributed by atoms with van der Waals surface area (Å²) in [7, 11) is 0. The molecule has 1 aromatic carbocycles. The molecule has 0 spiro atoms. The number of aryl methyl sites for hydroxylation is 2. The number of carbonyl (C=O) groups excluding carboxylic acids is 3. The summed E-state index contributed by atoms with van der Waals surface area (Å²) in [6, 6.07) is 12.5. The second-order valence-electron chi connectivity index (χ2n) is 10.3. The van der Waals surface area contributed by atoms with Crippen molar-refractivity contribution in [3.8, 4) is 11.1 Å². The highest BCUT2D eigenvalue weighted by molar-refractivity contribution is 6.10. The van der Waals surface area contributed by atoms with Crippen LogP contribution in [0.25, 0.3) is 11.1 Å². The van der Waals surface area contributed by atoms with Crippen LogP contribution in [0.15, 0.2) is 65.4 Å². The van der Waals surface area contributed by atoms with Gasteiger partial charge < -0.3 is 19.8 Å². The number of aromatic nitrogens is 2. The molecule has 5 rings (SSSR count). The van der Waals surface area contributed by atoms with Crippen LogP contribution in [0.5, 0.6) is 0 Å². The van der Waals surface area contributed by atoms with E-state index in [1.807, 2.05) is 13.8 Å². The number of rotatable bonds is 10. The third-order valence-electron chi connectivity index (χ3n) is 7.11. The highest BCUT2D eigenvalue weighted by Gasteiger charge is 2.38. The maximum Gasteiger partial charge on any atom is 0.340 e. The van der Waals surface area contributed by atoms with Crippen LogP contribution in [0, 0.1) is 11.7 Å². The monoisotopic (exact) mass is 570 g/mol. The third kappa shape index (κ3) is 5.93. The number of hydrogen-bond donors (Lipinski definition) is 2. The van der Waals surface area contributed by atoms with Crippen LogP contribution in [0.4, 0.5) is 4.39 Å². The number of ether oxygens (including phenoxy) is 1. The first-order valence-corrected chi connectivity index (χ1v) is 13.8. The van der Waals surface area contributed by atoms with Crippen LogP contribution in [-0.2, 0) is 24.1 Å². The van der Waals surface area contributed by atoms with Crippen molar-refractivity contribution >= 4 is 17.8 Å². The molecular weight excluding hydrogens is 539 g/mol. The lowest BCUT2D eigenvalue weighted by atomic mass is 9.89. The predicted octanol–water partition coefficient (Wildman–Crippen LogP) is 5.21. The minimum Gasteiger partial charge on any atom is -0.467 e. The van der Waals surface area contributed by atoms with Crippen molar-refractivity contribution in [3.63, 3.8) is 0 Å². The molecule has 0 bridgehead atoms. The first-order valence-electron chi connectivity index (χ1n) is 13.8. The molecule has 1 atom stereocenters. The molecule has 2 amide bonds. The van der Waals surface area contributed by atoms with Gasteiger partial charge in [-0.3, -0.25) is 19.6 Å². The van der Waals surface area contributed by atoms with Gasteiger partial charge in [0.2, 0.25) is 0 Å². The van der Waals surface area contributed by atoms with E-state index >= 15 is 0 Å². The van der Waals surface area contributed by atoms with Crippen molar-refractivity contribution in [1.29, 1.82) is 0 Å². The number of hydrogen-bond acceptors (Lipinski definition) is 7. The molecule has 0 radical (unpaired) electrons. The smallest absolute Gasteiger partial charge is 0.340 e. The Balaban J connectivity index is 1.58. The van der Waals surface area contributed by atoms with Crippen molar-refractivity contribution < 1.29 is 27.9 Å². The van der Waals surface area contributed by atoms with Crippen molar-refractivity contribution in [2.24, 2.45) is 5.92 Å². The largest absolute Gasteiger partial charge is 0.467 e. The fourth-order valence-corrected chi connectivity index (χ4v) is 5.03. The Bertz CT molecular complexity index is 1600. The van der Waals surface area contributed by atoms with Crippen LogP contribution in [0.1, 0.15) is 80.7 Å². The Hall–Kier alpha value is -4.86. The van der Waals surface area contributed by atoms with E-state index in [0.717, 1.165) is 5.56 Å². The van der Waals surface area contributed by atoms with Gasteiger partial charge in [-0.15, -0.1) is 0 Å². The van der Waals surface area contributed by atoms with Gasteiger partial charge in [0, 0.05) is 17.3 Å². The molecule has 0 saturated carbocycles. The fourth-order valence-electron chi connectivity index (χ4n) is 5.03. The third-order valence-corrected chi connectivity index (χ3v) is 7.11. The molecular formula is C32H31FN4O5. The Morgan fingerprint density at radius 1 is 1.10 bits per heavy atom. The zero-order chi connectivity index (χ0) is 29.8. The number of furan rings is 1. The number of benzene rings is 1. The predicted molar refractivity (Wildman–Crippen MR) is 152 cm³/mol. The van der Waals surface area contributed by atoms with Crippen molar-refractivity contribution in [3.05, 3.63) is 106 Å². The van der Waals surface area contributed by atoms with Gasteiger partial charge in [-0.05, 0) is 61.6 Å². The van der Waals surface area contributed by atoms with E-state index in [0.29, 0.717) is 46.7 Å². The summed E-state index contributed by atoms with van der Waals surface area (Å²) in [6.45, 7) is 6.00. The number of pyridine rings is 2. The summed E-state index contributed by atoms with van der Waals surface area (Å²) in [6.07, 6.45) is 3.83. The Morgan fingerprint density at radius 2 is 1.88 bits per heavy atom. The molecule has 0 aliphatic carbocycles. The molecule has 0 saturated heterocycles. The van der Waals surface area contributed by atoms with Crippen LogP contribution >= 0.6 is 0 Å². The quantitative estimate of drug-likeness (QED) is 0.251. The summed E-state index contributed by atoms with van der Waals surface area (Å²) in [5, 5.41) is 5.76. The number of nitrogens with zero attached hydrogens (tertiary/aromatic N) is 2. The number of carbonyl (C=O) groups is 3. The van der Waals surface area contributed by atoms with Gasteiger partial charge in [0.05, 0.1) is 48.0 Å². The van der Waals surface area contributed by atoms with E-state index in [-0.39, 0.29) is 48.1 Å². The molecule has 42 heavy (non-hydrogen) atoms. The summed E-state index contributed by atoms with van der Waals surface area (Å²) < 4.78 is 24.2. The van der Waals surface area contributed by atoms with Gasteiger partial charge in [0.25, 0.3) is 11.8 Å². The molecule has 0 fully saturated rings. The SMILES string of the molecule is CCOC(=O)c1c(CCc2ccc(F)cc2)nc2c(c1-c1ccc(C(=O)NCc3ccco3)nc1)C(=O)NC2C(C)C. The van der Waals surface area contributed by atoms with E-state index in [2.05, 4.69) is 15.6 Å². The minimum absolute atomic E-state index is 0.0345. The first kappa shape index (κ1) is 28.7. The first-order chi connectivity index (χ1) is 20.3. The van der Waals surface area contributed by atoms with Crippen LogP contribution < -0.4 is 10.6 Å². The van der Waals surface area contributed by atoms with Crippen LogP contribution in [-0.4, -0.2) is 34.4 Å². The standard InChI is InChI=1S/C32H31FN4O5/c1-4-41-32(40)26-23(13-9-19-7-11-21(33)12-8-19)36-29-27(31(39)37-28(29)18(2)3)25(26)20-10-14-24(34-16-20)30(38)35-17-22-6-5-15-42-22/h5-8,10-12,14-16,18,28H,4,9,13,17H2,1-3H3,(H,35,38)(H,37,39).